The maximum Gasteiger partial charge on any atom is 0.411 e. The zero-order valence-electron chi connectivity index (χ0n) is 29.3. The van der Waals surface area contributed by atoms with Crippen LogP contribution in [0.1, 0.15) is 76.8 Å². The fourth-order valence-electron chi connectivity index (χ4n) is 7.77. The van der Waals surface area contributed by atoms with Gasteiger partial charge in [0, 0.05) is 50.1 Å². The SMILES string of the molecule is COC(=O)N[C@H]1CCC[C@@H]2CC[C@@H](C3=NC=C(c4ccc(-c5ccc(C6=CN=C([C@@H]7NCCN7C(=O)OC(C)(C)C)C6)cc5)cc4)C3)N2C1=O. The summed E-state index contributed by atoms with van der Waals surface area (Å²) in [6, 6.07) is 16.7. The third kappa shape index (κ3) is 6.96. The molecule has 7 rings (SSSR count). The van der Waals surface area contributed by atoms with Gasteiger partial charge in [-0.15, -0.1) is 0 Å². The molecule has 50 heavy (non-hydrogen) atoms. The van der Waals surface area contributed by atoms with Crippen LogP contribution in [0.25, 0.3) is 22.3 Å². The molecule has 0 spiro atoms. The molecule has 11 heteroatoms. The molecule has 0 unspecified atom stereocenters. The van der Waals surface area contributed by atoms with Gasteiger partial charge in [0.1, 0.15) is 17.8 Å². The molecule has 3 saturated heterocycles. The average Bonchev–Trinajstić information content (AvgIpc) is 3.92. The third-order valence-electron chi connectivity index (χ3n) is 10.3. The van der Waals surface area contributed by atoms with Crippen LogP contribution >= 0.6 is 0 Å². The van der Waals surface area contributed by atoms with Gasteiger partial charge in [-0.05, 0) is 86.3 Å². The van der Waals surface area contributed by atoms with Crippen molar-refractivity contribution in [1.29, 1.82) is 0 Å². The lowest BCUT2D eigenvalue weighted by Crippen LogP contribution is -2.52. The number of hydrogen-bond acceptors (Lipinski definition) is 8. The lowest BCUT2D eigenvalue weighted by molar-refractivity contribution is -0.134. The number of amides is 3. The second kappa shape index (κ2) is 13.9. The van der Waals surface area contributed by atoms with E-state index < -0.39 is 17.7 Å². The van der Waals surface area contributed by atoms with Crippen molar-refractivity contribution in [3.63, 3.8) is 0 Å². The summed E-state index contributed by atoms with van der Waals surface area (Å²) in [7, 11) is 1.32. The van der Waals surface area contributed by atoms with Gasteiger partial charge in [-0.25, -0.2) is 9.59 Å². The summed E-state index contributed by atoms with van der Waals surface area (Å²) in [6.07, 6.45) is 8.37. The number of carbonyl (C=O) groups excluding carboxylic acids is 3. The van der Waals surface area contributed by atoms with Crippen molar-refractivity contribution in [1.82, 2.24) is 20.4 Å². The first-order chi connectivity index (χ1) is 24.1. The summed E-state index contributed by atoms with van der Waals surface area (Å²) in [5.41, 5.74) is 8.12. The zero-order valence-corrected chi connectivity index (χ0v) is 29.3. The quantitative estimate of drug-likeness (QED) is 0.377. The molecular weight excluding hydrogens is 632 g/mol. The van der Waals surface area contributed by atoms with Crippen molar-refractivity contribution < 1.29 is 23.9 Å². The molecule has 262 valence electrons. The monoisotopic (exact) mass is 678 g/mol. The van der Waals surface area contributed by atoms with Crippen LogP contribution < -0.4 is 10.6 Å². The Morgan fingerprint density at radius 1 is 0.840 bits per heavy atom. The molecule has 4 atom stereocenters. The number of ether oxygens (including phenoxy) is 2. The molecule has 3 fully saturated rings. The molecule has 0 aromatic heterocycles. The molecule has 2 N–H and O–H groups in total. The van der Waals surface area contributed by atoms with Crippen molar-refractivity contribution in [2.24, 2.45) is 9.98 Å². The van der Waals surface area contributed by atoms with E-state index in [9.17, 15) is 14.4 Å². The molecule has 0 radical (unpaired) electrons. The van der Waals surface area contributed by atoms with E-state index in [1.807, 2.05) is 38.1 Å². The van der Waals surface area contributed by atoms with Crippen molar-refractivity contribution in [3.05, 3.63) is 72.1 Å². The Kier molecular flexibility index (Phi) is 9.34. The van der Waals surface area contributed by atoms with Crippen LogP contribution in [0.3, 0.4) is 0 Å². The van der Waals surface area contributed by atoms with Crippen molar-refractivity contribution in [2.75, 3.05) is 20.2 Å². The molecule has 5 aliphatic rings. The van der Waals surface area contributed by atoms with Crippen LogP contribution in [-0.2, 0) is 14.3 Å². The lowest BCUT2D eigenvalue weighted by atomic mass is 9.95. The number of aliphatic imine (C=N–C) groups is 2. The first kappa shape index (κ1) is 33.7. The van der Waals surface area contributed by atoms with E-state index in [-0.39, 0.29) is 30.2 Å². The Balaban J connectivity index is 0.949. The summed E-state index contributed by atoms with van der Waals surface area (Å²) in [4.78, 5) is 51.5. The topological polar surface area (TPSA) is 125 Å². The summed E-state index contributed by atoms with van der Waals surface area (Å²) in [5, 5.41) is 6.14. The number of nitrogens with one attached hydrogen (secondary N) is 2. The van der Waals surface area contributed by atoms with Gasteiger partial charge in [-0.2, -0.15) is 0 Å². The van der Waals surface area contributed by atoms with Crippen molar-refractivity contribution in [3.8, 4) is 11.1 Å². The Labute approximate surface area is 293 Å². The lowest BCUT2D eigenvalue weighted by Gasteiger charge is -2.31. The first-order valence-corrected chi connectivity index (χ1v) is 17.7. The smallest absolute Gasteiger partial charge is 0.411 e. The predicted molar refractivity (Wildman–Crippen MR) is 194 cm³/mol. The maximum absolute atomic E-state index is 13.6. The number of hydrogen-bond donors (Lipinski definition) is 2. The van der Waals surface area contributed by atoms with Crippen LogP contribution in [0.4, 0.5) is 9.59 Å². The number of methoxy groups -OCH3 is 1. The Morgan fingerprint density at radius 2 is 1.44 bits per heavy atom. The second-order valence-corrected chi connectivity index (χ2v) is 14.7. The van der Waals surface area contributed by atoms with Crippen LogP contribution in [0.15, 0.2) is 70.9 Å². The van der Waals surface area contributed by atoms with E-state index >= 15 is 0 Å². The van der Waals surface area contributed by atoms with E-state index in [1.54, 1.807) is 4.90 Å². The minimum atomic E-state index is -0.569. The highest BCUT2D eigenvalue weighted by atomic mass is 16.6. The number of benzene rings is 2. The molecule has 0 bridgehead atoms. The van der Waals surface area contributed by atoms with Gasteiger partial charge in [0.15, 0.2) is 0 Å². The number of nitrogens with zero attached hydrogens (tertiary/aromatic N) is 4. The summed E-state index contributed by atoms with van der Waals surface area (Å²) >= 11 is 0. The minimum Gasteiger partial charge on any atom is -0.453 e. The van der Waals surface area contributed by atoms with Crippen LogP contribution in [-0.4, -0.2) is 89.4 Å². The van der Waals surface area contributed by atoms with Gasteiger partial charge in [-0.3, -0.25) is 25.0 Å². The predicted octanol–water partition coefficient (Wildman–Crippen LogP) is 6.16. The maximum atomic E-state index is 13.6. The van der Waals surface area contributed by atoms with E-state index in [0.717, 1.165) is 70.5 Å². The Hall–Kier alpha value is -4.77. The number of carbonyl (C=O) groups is 3. The van der Waals surface area contributed by atoms with Gasteiger partial charge >= 0.3 is 12.2 Å². The van der Waals surface area contributed by atoms with Crippen molar-refractivity contribution >= 4 is 40.7 Å². The number of allylic oxidation sites excluding steroid dienone is 2. The van der Waals surface area contributed by atoms with E-state index in [1.165, 1.54) is 7.11 Å². The van der Waals surface area contributed by atoms with Crippen molar-refractivity contribution in [2.45, 2.75) is 95.6 Å². The largest absolute Gasteiger partial charge is 0.453 e. The fourth-order valence-corrected chi connectivity index (χ4v) is 7.77. The molecule has 5 heterocycles. The normalized spacial score (nSPS) is 25.0. The minimum absolute atomic E-state index is 0.0280. The molecule has 2 aromatic rings. The molecule has 2 aromatic carbocycles. The molecule has 0 aliphatic carbocycles. The van der Waals surface area contributed by atoms with Gasteiger partial charge in [0.25, 0.3) is 0 Å². The fraction of sp³-hybridized carbons (Fsp3) is 0.462. The van der Waals surface area contributed by atoms with E-state index in [0.29, 0.717) is 32.4 Å². The highest BCUT2D eigenvalue weighted by molar-refractivity contribution is 6.04. The highest BCUT2D eigenvalue weighted by Gasteiger charge is 2.44. The first-order valence-electron chi connectivity index (χ1n) is 17.7. The summed E-state index contributed by atoms with van der Waals surface area (Å²) in [6.45, 7) is 6.92. The van der Waals surface area contributed by atoms with Gasteiger partial charge in [-0.1, -0.05) is 48.5 Å². The third-order valence-corrected chi connectivity index (χ3v) is 10.3. The van der Waals surface area contributed by atoms with Crippen LogP contribution in [0.5, 0.6) is 0 Å². The van der Waals surface area contributed by atoms with E-state index in [2.05, 4.69) is 59.2 Å². The van der Waals surface area contributed by atoms with Crippen LogP contribution in [0.2, 0.25) is 0 Å². The summed E-state index contributed by atoms with van der Waals surface area (Å²) in [5.74, 6) is -0.0280. The number of alkyl carbamates (subject to hydrolysis) is 1. The standard InChI is InChI=1S/C39H46N6O5/c1-39(2,3)50-38(48)44-19-18-40-35(44)33-21-29(23-42-33)27-14-10-25(11-15-27)24-8-12-26(13-9-24)28-20-32(41-22-28)34-17-16-30-6-5-7-31(36(46)45(30)34)43-37(47)49-4/h8-15,22-23,30-31,34-35,40H,5-7,16-21H2,1-4H3,(H,43,47)/t30-,31+,34+,35-/m1/s1. The Bertz CT molecular complexity index is 1770. The second-order valence-electron chi connectivity index (χ2n) is 14.7. The summed E-state index contributed by atoms with van der Waals surface area (Å²) < 4.78 is 10.4. The molecule has 3 amide bonds. The molecule has 0 saturated carbocycles. The van der Waals surface area contributed by atoms with Gasteiger partial charge in [0.05, 0.1) is 18.9 Å². The molecule has 11 nitrogen and oxygen atoms in total. The highest BCUT2D eigenvalue weighted by Crippen LogP contribution is 2.37. The molecule has 5 aliphatic heterocycles. The Morgan fingerprint density at radius 3 is 2.06 bits per heavy atom. The van der Waals surface area contributed by atoms with Gasteiger partial charge < -0.3 is 19.7 Å². The number of fused-ring (bicyclic) bond motifs is 1. The van der Waals surface area contributed by atoms with Gasteiger partial charge in [0.2, 0.25) is 5.91 Å². The molecular formula is C39H46N6O5. The average molecular weight is 679 g/mol. The number of rotatable bonds is 6. The van der Waals surface area contributed by atoms with E-state index in [4.69, 9.17) is 19.5 Å². The van der Waals surface area contributed by atoms with Crippen LogP contribution in [0, 0.1) is 0 Å². The zero-order chi connectivity index (χ0) is 35.0.